The lowest BCUT2D eigenvalue weighted by Crippen LogP contribution is -2.24. The normalized spacial score (nSPS) is 16.3. The standard InChI is InChI=1S/C6H9F3O3S2/c1-4(5(10)11)14(12)3-2-13-6(7,8)9/h4H,2-3H2,1H3,(H,10,11). The van der Waals surface area contributed by atoms with Crippen molar-refractivity contribution in [3.05, 3.63) is 0 Å². The smallest absolute Gasteiger partial charge is 0.441 e. The van der Waals surface area contributed by atoms with E-state index in [1.807, 2.05) is 0 Å². The number of carboxylic acid groups (broad SMARTS) is 1. The van der Waals surface area contributed by atoms with Gasteiger partial charge in [0.15, 0.2) is 0 Å². The van der Waals surface area contributed by atoms with Crippen molar-refractivity contribution in [1.29, 1.82) is 0 Å². The molecule has 0 saturated heterocycles. The molecule has 84 valence electrons. The summed E-state index contributed by atoms with van der Waals surface area (Å²) in [6, 6.07) is 0. The van der Waals surface area contributed by atoms with E-state index in [-0.39, 0.29) is 23.3 Å². The maximum atomic E-state index is 11.6. The van der Waals surface area contributed by atoms with Gasteiger partial charge in [-0.25, -0.2) is 0 Å². The zero-order valence-corrected chi connectivity index (χ0v) is 8.84. The van der Waals surface area contributed by atoms with Crippen LogP contribution in [0.1, 0.15) is 6.92 Å². The zero-order valence-electron chi connectivity index (χ0n) is 7.21. The number of alkyl halides is 3. The van der Waals surface area contributed by atoms with Crippen molar-refractivity contribution < 1.29 is 27.3 Å². The largest absolute Gasteiger partial charge is 0.480 e. The molecule has 0 amide bonds. The number of hydrogen-bond donors (Lipinski definition) is 1. The SMILES string of the molecule is CC(C(=O)O)S(=O)CCSC(F)(F)F. The highest BCUT2D eigenvalue weighted by atomic mass is 32.2. The van der Waals surface area contributed by atoms with E-state index in [2.05, 4.69) is 0 Å². The highest BCUT2D eigenvalue weighted by molar-refractivity contribution is 8.01. The van der Waals surface area contributed by atoms with Gasteiger partial charge in [0.25, 0.3) is 0 Å². The molecular formula is C6H9F3O3S2. The van der Waals surface area contributed by atoms with Crippen molar-refractivity contribution in [3.63, 3.8) is 0 Å². The third-order valence-electron chi connectivity index (χ3n) is 1.29. The van der Waals surface area contributed by atoms with Crippen molar-refractivity contribution in [2.75, 3.05) is 11.5 Å². The molecule has 0 radical (unpaired) electrons. The predicted octanol–water partition coefficient (Wildman–Crippen LogP) is 1.46. The summed E-state index contributed by atoms with van der Waals surface area (Å²) in [5, 5.41) is 7.27. The lowest BCUT2D eigenvalue weighted by Gasteiger charge is -2.07. The van der Waals surface area contributed by atoms with Crippen LogP contribution < -0.4 is 0 Å². The van der Waals surface area contributed by atoms with Gasteiger partial charge in [0.1, 0.15) is 5.25 Å². The minimum atomic E-state index is -4.35. The molecule has 0 aromatic heterocycles. The summed E-state index contributed by atoms with van der Waals surface area (Å²) in [5.74, 6) is -1.91. The van der Waals surface area contributed by atoms with Crippen LogP contribution in [0.15, 0.2) is 0 Å². The topological polar surface area (TPSA) is 54.4 Å². The van der Waals surface area contributed by atoms with Gasteiger partial charge in [-0.15, -0.1) is 0 Å². The Bertz CT molecular complexity index is 229. The Kier molecular flexibility index (Phi) is 5.50. The molecule has 0 bridgehead atoms. The summed E-state index contributed by atoms with van der Waals surface area (Å²) in [6.45, 7) is 1.21. The fraction of sp³-hybridized carbons (Fsp3) is 0.833. The van der Waals surface area contributed by atoms with E-state index < -0.39 is 27.5 Å². The molecule has 0 saturated carbocycles. The minimum Gasteiger partial charge on any atom is -0.480 e. The van der Waals surface area contributed by atoms with Crippen LogP contribution in [-0.2, 0) is 15.6 Å². The summed E-state index contributed by atoms with van der Waals surface area (Å²) < 4.78 is 45.9. The molecule has 8 heteroatoms. The van der Waals surface area contributed by atoms with Crippen molar-refractivity contribution in [1.82, 2.24) is 0 Å². The Morgan fingerprint density at radius 1 is 1.57 bits per heavy atom. The molecule has 0 heterocycles. The average Bonchev–Trinajstić information content (AvgIpc) is 2.00. The van der Waals surface area contributed by atoms with Crippen LogP contribution in [0.25, 0.3) is 0 Å². The number of rotatable bonds is 5. The molecule has 14 heavy (non-hydrogen) atoms. The van der Waals surface area contributed by atoms with Crippen LogP contribution in [0.3, 0.4) is 0 Å². The number of halogens is 3. The minimum absolute atomic E-state index is 0.266. The van der Waals surface area contributed by atoms with Crippen LogP contribution in [-0.4, -0.2) is 37.5 Å². The molecule has 2 unspecified atom stereocenters. The number of carboxylic acids is 1. The Morgan fingerprint density at radius 3 is 2.43 bits per heavy atom. The maximum absolute atomic E-state index is 11.6. The van der Waals surface area contributed by atoms with E-state index in [1.54, 1.807) is 0 Å². The summed E-state index contributed by atoms with van der Waals surface area (Å²) in [7, 11) is -1.75. The second-order valence-electron chi connectivity index (χ2n) is 2.36. The molecule has 2 atom stereocenters. The molecule has 0 aromatic rings. The van der Waals surface area contributed by atoms with Gasteiger partial charge in [0.05, 0.1) is 0 Å². The highest BCUT2D eigenvalue weighted by Crippen LogP contribution is 2.29. The van der Waals surface area contributed by atoms with Crippen molar-refractivity contribution >= 4 is 28.5 Å². The van der Waals surface area contributed by atoms with Gasteiger partial charge in [0, 0.05) is 22.3 Å². The van der Waals surface area contributed by atoms with Gasteiger partial charge in [-0.2, -0.15) is 13.2 Å². The number of aliphatic carboxylic acids is 1. The third kappa shape index (κ3) is 6.25. The first kappa shape index (κ1) is 13.8. The number of hydrogen-bond acceptors (Lipinski definition) is 3. The van der Waals surface area contributed by atoms with Crippen LogP contribution in [0.2, 0.25) is 0 Å². The number of carbonyl (C=O) groups is 1. The number of thioether (sulfide) groups is 1. The van der Waals surface area contributed by atoms with E-state index >= 15 is 0 Å². The summed E-state index contributed by atoms with van der Waals surface area (Å²) in [5.41, 5.74) is -4.35. The van der Waals surface area contributed by atoms with Gasteiger partial charge < -0.3 is 5.11 Å². The van der Waals surface area contributed by atoms with E-state index in [4.69, 9.17) is 5.11 Å². The van der Waals surface area contributed by atoms with E-state index in [0.29, 0.717) is 0 Å². The van der Waals surface area contributed by atoms with Crippen LogP contribution in [0.4, 0.5) is 13.2 Å². The predicted molar refractivity (Wildman–Crippen MR) is 48.6 cm³/mol. The first-order chi connectivity index (χ1) is 6.24. The quantitative estimate of drug-likeness (QED) is 0.802. The van der Waals surface area contributed by atoms with Crippen molar-refractivity contribution in [3.8, 4) is 0 Å². The van der Waals surface area contributed by atoms with Gasteiger partial charge in [0.2, 0.25) is 0 Å². The Morgan fingerprint density at radius 2 is 2.07 bits per heavy atom. The molecule has 3 nitrogen and oxygen atoms in total. The first-order valence-corrected chi connectivity index (χ1v) is 5.91. The van der Waals surface area contributed by atoms with Crippen molar-refractivity contribution in [2.24, 2.45) is 0 Å². The molecule has 0 aliphatic heterocycles. The Labute approximate surface area is 85.5 Å². The third-order valence-corrected chi connectivity index (χ3v) is 3.88. The van der Waals surface area contributed by atoms with Crippen LogP contribution >= 0.6 is 11.8 Å². The highest BCUT2D eigenvalue weighted by Gasteiger charge is 2.28. The second-order valence-corrected chi connectivity index (χ2v) is 5.40. The maximum Gasteiger partial charge on any atom is 0.441 e. The fourth-order valence-electron chi connectivity index (χ4n) is 0.529. The lowest BCUT2D eigenvalue weighted by molar-refractivity contribution is -0.136. The van der Waals surface area contributed by atoms with E-state index in [1.165, 1.54) is 6.92 Å². The van der Waals surface area contributed by atoms with Gasteiger partial charge >= 0.3 is 11.5 Å². The average molecular weight is 250 g/mol. The molecule has 0 fully saturated rings. The first-order valence-electron chi connectivity index (χ1n) is 3.54. The molecular weight excluding hydrogens is 241 g/mol. The Balaban J connectivity index is 3.81. The molecule has 0 rings (SSSR count). The lowest BCUT2D eigenvalue weighted by atomic mass is 10.5. The van der Waals surface area contributed by atoms with Crippen LogP contribution in [0, 0.1) is 0 Å². The molecule has 0 aliphatic carbocycles. The molecule has 0 aromatic carbocycles. The monoisotopic (exact) mass is 250 g/mol. The molecule has 0 spiro atoms. The van der Waals surface area contributed by atoms with Gasteiger partial charge in [-0.1, -0.05) is 11.8 Å². The van der Waals surface area contributed by atoms with Gasteiger partial charge in [-0.3, -0.25) is 9.00 Å². The second kappa shape index (κ2) is 5.59. The van der Waals surface area contributed by atoms with Crippen LogP contribution in [0.5, 0.6) is 0 Å². The fourth-order valence-corrected chi connectivity index (χ4v) is 2.33. The van der Waals surface area contributed by atoms with Crippen molar-refractivity contribution in [2.45, 2.75) is 17.7 Å². The van der Waals surface area contributed by atoms with Gasteiger partial charge in [-0.05, 0) is 6.92 Å². The molecule has 0 aliphatic rings. The summed E-state index contributed by atoms with van der Waals surface area (Å²) in [6.07, 6.45) is 0. The molecule has 1 N–H and O–H groups in total. The van der Waals surface area contributed by atoms with E-state index in [0.717, 1.165) is 0 Å². The van der Waals surface area contributed by atoms with E-state index in [9.17, 15) is 22.2 Å². The summed E-state index contributed by atoms with van der Waals surface area (Å²) >= 11 is -0.295. The Hall–Kier alpha value is -0.240. The zero-order chi connectivity index (χ0) is 11.4. The summed E-state index contributed by atoms with van der Waals surface area (Å²) in [4.78, 5) is 10.3.